The van der Waals surface area contributed by atoms with Crippen molar-refractivity contribution in [3.63, 3.8) is 0 Å². The number of thiophene rings is 1. The third kappa shape index (κ3) is 6.46. The fraction of sp³-hybridized carbons (Fsp3) is 0.267. The van der Waals surface area contributed by atoms with Gasteiger partial charge in [-0.05, 0) is 28.7 Å². The molecule has 2 aromatic heterocycles. The van der Waals surface area contributed by atoms with Gasteiger partial charge in [-0.25, -0.2) is 4.79 Å². The molecular weight excluding hydrogens is 544 g/mol. The number of thioether (sulfide) groups is 1. The molecule has 1 amide bonds. The third-order valence-corrected chi connectivity index (χ3v) is 8.07. The average molecular weight is 577 g/mol. The van der Waals surface area contributed by atoms with Crippen LogP contribution in [0.15, 0.2) is 71.7 Å². The Bertz CT molecular complexity index is 1500. The number of carbonyl (C=O) groups excluding carboxylic acids is 2. The smallest absolute Gasteiger partial charge is 0.341 e. The molecule has 2 aromatic carbocycles. The Hall–Kier alpha value is -3.89. The lowest BCUT2D eigenvalue weighted by molar-refractivity contribution is -0.113. The molecule has 4 rings (SSSR count). The Kier molecular flexibility index (Phi) is 9.11. The predicted molar refractivity (Wildman–Crippen MR) is 161 cm³/mol. The van der Waals surface area contributed by atoms with Crippen LogP contribution >= 0.6 is 23.1 Å². The van der Waals surface area contributed by atoms with Gasteiger partial charge in [0.15, 0.2) is 11.0 Å². The van der Waals surface area contributed by atoms with Crippen molar-refractivity contribution in [2.24, 2.45) is 0 Å². The zero-order valence-corrected chi connectivity index (χ0v) is 24.8. The fourth-order valence-corrected chi connectivity index (χ4v) is 5.77. The molecule has 40 heavy (non-hydrogen) atoms. The van der Waals surface area contributed by atoms with E-state index in [4.69, 9.17) is 9.47 Å². The van der Waals surface area contributed by atoms with Gasteiger partial charge < -0.3 is 14.8 Å². The molecule has 0 aliphatic rings. The number of methoxy groups -OCH3 is 2. The number of amides is 1. The number of nitrogens with one attached hydrogen (secondary N) is 1. The molecule has 0 saturated carbocycles. The first-order chi connectivity index (χ1) is 19.2. The average Bonchev–Trinajstić information content (AvgIpc) is 3.55. The van der Waals surface area contributed by atoms with E-state index in [0.717, 1.165) is 11.1 Å². The number of hydrogen-bond acceptors (Lipinski definition) is 8. The monoisotopic (exact) mass is 576 g/mol. The molecule has 2 heterocycles. The number of carbonyl (C=O) groups is 2. The lowest BCUT2D eigenvalue weighted by Crippen LogP contribution is -2.16. The molecule has 10 heteroatoms. The summed E-state index contributed by atoms with van der Waals surface area (Å²) in [6.45, 7) is 10.9. The van der Waals surface area contributed by atoms with Crippen LogP contribution in [0.1, 0.15) is 36.7 Å². The highest BCUT2D eigenvalue weighted by Gasteiger charge is 2.23. The van der Waals surface area contributed by atoms with Gasteiger partial charge in [0.1, 0.15) is 16.3 Å². The summed E-state index contributed by atoms with van der Waals surface area (Å²) in [5, 5.41) is 14.5. The first-order valence-electron chi connectivity index (χ1n) is 12.6. The number of benzene rings is 2. The summed E-state index contributed by atoms with van der Waals surface area (Å²) in [5.74, 6) is 0.691. The summed E-state index contributed by atoms with van der Waals surface area (Å²) in [7, 11) is 2.91. The van der Waals surface area contributed by atoms with Crippen LogP contribution in [0.25, 0.3) is 22.5 Å². The number of hydrogen-bond donors (Lipinski definition) is 1. The summed E-state index contributed by atoms with van der Waals surface area (Å²) in [5.41, 5.74) is 4.02. The minimum Gasteiger partial charge on any atom is -0.497 e. The van der Waals surface area contributed by atoms with Crippen LogP contribution in [0.2, 0.25) is 0 Å². The predicted octanol–water partition coefficient (Wildman–Crippen LogP) is 6.68. The first-order valence-corrected chi connectivity index (χ1v) is 14.4. The van der Waals surface area contributed by atoms with Crippen LogP contribution in [0.4, 0.5) is 5.00 Å². The molecule has 0 aliphatic heterocycles. The number of esters is 1. The van der Waals surface area contributed by atoms with Crippen LogP contribution < -0.4 is 10.1 Å². The highest BCUT2D eigenvalue weighted by atomic mass is 32.2. The Labute approximate surface area is 242 Å². The van der Waals surface area contributed by atoms with Crippen LogP contribution in [0.3, 0.4) is 0 Å². The number of nitrogens with zero attached hydrogens (tertiary/aromatic N) is 3. The Morgan fingerprint density at radius 3 is 2.33 bits per heavy atom. The summed E-state index contributed by atoms with van der Waals surface area (Å²) in [6.07, 6.45) is 1.77. The van der Waals surface area contributed by atoms with E-state index < -0.39 is 5.97 Å². The summed E-state index contributed by atoms with van der Waals surface area (Å²) >= 11 is 2.54. The van der Waals surface area contributed by atoms with Crippen molar-refractivity contribution < 1.29 is 19.1 Å². The van der Waals surface area contributed by atoms with Gasteiger partial charge in [0, 0.05) is 23.1 Å². The standard InChI is InChI=1S/C30H32N4O4S2/c1-7-16-34-26(20-8-12-21(13-9-20)30(2,3)4)32-33-29(34)40-18-24(35)31-27-25(28(36)38-6)23(17-39-27)19-10-14-22(37-5)15-11-19/h7-15,17H,1,16,18H2,2-6H3,(H,31,35). The second-order valence-electron chi connectivity index (χ2n) is 9.94. The molecule has 0 spiro atoms. The second-order valence-corrected chi connectivity index (χ2v) is 11.8. The van der Waals surface area contributed by atoms with Crippen LogP contribution in [0, 0.1) is 0 Å². The molecule has 0 bridgehead atoms. The van der Waals surface area contributed by atoms with Gasteiger partial charge in [0.2, 0.25) is 5.91 Å². The highest BCUT2D eigenvalue weighted by Crippen LogP contribution is 2.37. The van der Waals surface area contributed by atoms with E-state index in [0.29, 0.717) is 39.4 Å². The molecule has 0 saturated heterocycles. The van der Waals surface area contributed by atoms with Crippen LogP contribution in [-0.2, 0) is 21.5 Å². The lowest BCUT2D eigenvalue weighted by Gasteiger charge is -2.19. The maximum Gasteiger partial charge on any atom is 0.341 e. The van der Waals surface area contributed by atoms with Gasteiger partial charge in [0.05, 0.1) is 20.0 Å². The van der Waals surface area contributed by atoms with E-state index in [1.807, 2.05) is 46.3 Å². The lowest BCUT2D eigenvalue weighted by atomic mass is 9.87. The maximum atomic E-state index is 13.0. The largest absolute Gasteiger partial charge is 0.497 e. The normalized spacial score (nSPS) is 11.2. The van der Waals surface area contributed by atoms with Crippen molar-refractivity contribution in [2.75, 3.05) is 25.3 Å². The number of anilines is 1. The van der Waals surface area contributed by atoms with Gasteiger partial charge in [-0.15, -0.1) is 28.1 Å². The van der Waals surface area contributed by atoms with E-state index in [2.05, 4.69) is 55.0 Å². The molecular formula is C30H32N4O4S2. The van der Waals surface area contributed by atoms with Crippen LogP contribution in [-0.4, -0.2) is 46.6 Å². The number of allylic oxidation sites excluding steroid dienone is 1. The molecule has 0 unspecified atom stereocenters. The van der Waals surface area contributed by atoms with Gasteiger partial charge >= 0.3 is 5.97 Å². The molecule has 0 radical (unpaired) electrons. The van der Waals surface area contributed by atoms with Gasteiger partial charge in [-0.1, -0.05) is 75.0 Å². The van der Waals surface area contributed by atoms with E-state index in [1.165, 1.54) is 35.8 Å². The zero-order valence-electron chi connectivity index (χ0n) is 23.2. The van der Waals surface area contributed by atoms with Gasteiger partial charge in [-0.3, -0.25) is 9.36 Å². The van der Waals surface area contributed by atoms with E-state index >= 15 is 0 Å². The Balaban J connectivity index is 1.51. The first kappa shape index (κ1) is 29.1. The van der Waals surface area contributed by atoms with Crippen molar-refractivity contribution in [1.82, 2.24) is 14.8 Å². The number of rotatable bonds is 10. The van der Waals surface area contributed by atoms with Crippen molar-refractivity contribution in [2.45, 2.75) is 37.9 Å². The minimum atomic E-state index is -0.525. The Morgan fingerprint density at radius 2 is 1.73 bits per heavy atom. The maximum absolute atomic E-state index is 13.0. The molecule has 1 N–H and O–H groups in total. The zero-order chi connectivity index (χ0) is 28.9. The molecule has 0 atom stereocenters. The van der Waals surface area contributed by atoms with E-state index in [-0.39, 0.29) is 17.1 Å². The summed E-state index contributed by atoms with van der Waals surface area (Å²) in [4.78, 5) is 25.7. The number of ether oxygens (including phenoxy) is 2. The van der Waals surface area contributed by atoms with E-state index in [1.54, 1.807) is 13.2 Å². The van der Waals surface area contributed by atoms with Gasteiger partial charge in [-0.2, -0.15) is 0 Å². The SMILES string of the molecule is C=CCn1c(SCC(=O)Nc2scc(-c3ccc(OC)cc3)c2C(=O)OC)nnc1-c1ccc(C(C)(C)C)cc1. The minimum absolute atomic E-state index is 0.0490. The van der Waals surface area contributed by atoms with Gasteiger partial charge in [0.25, 0.3) is 0 Å². The molecule has 0 fully saturated rings. The van der Waals surface area contributed by atoms with Crippen molar-refractivity contribution in [3.05, 3.63) is 77.7 Å². The molecule has 4 aromatic rings. The topological polar surface area (TPSA) is 95.3 Å². The highest BCUT2D eigenvalue weighted by molar-refractivity contribution is 7.99. The number of aromatic nitrogens is 3. The third-order valence-electron chi connectivity index (χ3n) is 6.20. The molecule has 0 aliphatic carbocycles. The Morgan fingerprint density at radius 1 is 1.05 bits per heavy atom. The molecule has 208 valence electrons. The second kappa shape index (κ2) is 12.5. The van der Waals surface area contributed by atoms with E-state index in [9.17, 15) is 9.59 Å². The summed E-state index contributed by atoms with van der Waals surface area (Å²) < 4.78 is 12.2. The summed E-state index contributed by atoms with van der Waals surface area (Å²) in [6, 6.07) is 15.6. The van der Waals surface area contributed by atoms with Crippen molar-refractivity contribution in [1.29, 1.82) is 0 Å². The fourth-order valence-electron chi connectivity index (χ4n) is 4.05. The quantitative estimate of drug-likeness (QED) is 0.128. The van der Waals surface area contributed by atoms with Crippen LogP contribution in [0.5, 0.6) is 5.75 Å². The van der Waals surface area contributed by atoms with Crippen molar-refractivity contribution in [3.8, 4) is 28.3 Å². The van der Waals surface area contributed by atoms with Crippen molar-refractivity contribution >= 4 is 40.0 Å². The molecule has 8 nitrogen and oxygen atoms in total.